The van der Waals surface area contributed by atoms with Crippen LogP contribution in [0.25, 0.3) is 11.0 Å². The number of benzene rings is 1. The van der Waals surface area contributed by atoms with Gasteiger partial charge in [0.1, 0.15) is 11.2 Å². The number of rotatable bonds is 5. The van der Waals surface area contributed by atoms with Crippen molar-refractivity contribution in [2.24, 2.45) is 0 Å². The number of carbonyl (C=O) groups is 1. The van der Waals surface area contributed by atoms with Gasteiger partial charge in [0.25, 0.3) is 5.91 Å². The predicted molar refractivity (Wildman–Crippen MR) is 109 cm³/mol. The SMILES string of the molecule is CONC(=O)c1c[nH]c2nc(Nc3cccc(N4CCNCC4)c3)ncc2c1=O. The highest BCUT2D eigenvalue weighted by atomic mass is 16.6. The van der Waals surface area contributed by atoms with Gasteiger partial charge in [-0.3, -0.25) is 14.4 Å². The van der Waals surface area contributed by atoms with E-state index in [9.17, 15) is 9.59 Å². The number of aromatic nitrogens is 3. The minimum absolute atomic E-state index is 0.0765. The molecule has 0 saturated carbocycles. The van der Waals surface area contributed by atoms with Crippen LogP contribution in [-0.2, 0) is 4.84 Å². The van der Waals surface area contributed by atoms with Crippen molar-refractivity contribution < 1.29 is 9.63 Å². The molecule has 0 radical (unpaired) electrons. The van der Waals surface area contributed by atoms with Crippen molar-refractivity contribution in [3.05, 3.63) is 52.4 Å². The highest BCUT2D eigenvalue weighted by Gasteiger charge is 2.15. The maximum Gasteiger partial charge on any atom is 0.280 e. The Morgan fingerprint density at radius 3 is 2.90 bits per heavy atom. The fraction of sp³-hybridized carbons (Fsp3) is 0.263. The second kappa shape index (κ2) is 8.25. The number of hydrogen-bond acceptors (Lipinski definition) is 8. The Bertz CT molecular complexity index is 1090. The molecule has 1 aromatic carbocycles. The van der Waals surface area contributed by atoms with Gasteiger partial charge >= 0.3 is 0 Å². The Balaban J connectivity index is 1.58. The number of piperazine rings is 1. The summed E-state index contributed by atoms with van der Waals surface area (Å²) < 4.78 is 0. The lowest BCUT2D eigenvalue weighted by molar-refractivity contribution is 0.0536. The summed E-state index contributed by atoms with van der Waals surface area (Å²) in [7, 11) is 1.30. The van der Waals surface area contributed by atoms with E-state index in [1.54, 1.807) is 0 Å². The molecule has 10 heteroatoms. The molecule has 0 spiro atoms. The third-order valence-electron chi connectivity index (χ3n) is 4.66. The highest BCUT2D eigenvalue weighted by molar-refractivity contribution is 5.96. The number of anilines is 3. The summed E-state index contributed by atoms with van der Waals surface area (Å²) in [5.74, 6) is -0.290. The number of hydroxylamine groups is 1. The average molecular weight is 395 g/mol. The zero-order valence-corrected chi connectivity index (χ0v) is 15.9. The Hall–Kier alpha value is -3.50. The lowest BCUT2D eigenvalue weighted by atomic mass is 10.2. The molecule has 10 nitrogen and oxygen atoms in total. The van der Waals surface area contributed by atoms with Gasteiger partial charge in [-0.25, -0.2) is 10.5 Å². The molecule has 3 aromatic rings. The summed E-state index contributed by atoms with van der Waals surface area (Å²) in [5, 5.41) is 6.72. The summed E-state index contributed by atoms with van der Waals surface area (Å²) in [6.45, 7) is 3.83. The van der Waals surface area contributed by atoms with E-state index in [2.05, 4.69) is 46.9 Å². The third-order valence-corrected chi connectivity index (χ3v) is 4.66. The van der Waals surface area contributed by atoms with E-state index in [-0.39, 0.29) is 10.9 Å². The van der Waals surface area contributed by atoms with Crippen LogP contribution in [0.3, 0.4) is 0 Å². The van der Waals surface area contributed by atoms with Crippen molar-refractivity contribution in [2.45, 2.75) is 0 Å². The molecule has 2 aromatic heterocycles. The molecule has 0 aliphatic carbocycles. The second-order valence-electron chi connectivity index (χ2n) is 6.54. The van der Waals surface area contributed by atoms with Crippen LogP contribution in [0.1, 0.15) is 10.4 Å². The minimum Gasteiger partial charge on any atom is -0.369 e. The van der Waals surface area contributed by atoms with Crippen LogP contribution in [-0.4, -0.2) is 54.1 Å². The molecule has 1 aliphatic heterocycles. The molecule has 1 aliphatic rings. The second-order valence-corrected chi connectivity index (χ2v) is 6.54. The van der Waals surface area contributed by atoms with Crippen molar-refractivity contribution in [3.8, 4) is 0 Å². The van der Waals surface area contributed by atoms with Gasteiger partial charge in [0.15, 0.2) is 0 Å². The van der Waals surface area contributed by atoms with Gasteiger partial charge < -0.3 is 20.5 Å². The number of nitrogens with one attached hydrogen (secondary N) is 4. The minimum atomic E-state index is -0.637. The van der Waals surface area contributed by atoms with Gasteiger partial charge in [0.05, 0.1) is 12.5 Å². The van der Waals surface area contributed by atoms with Crippen molar-refractivity contribution in [1.82, 2.24) is 25.7 Å². The molecule has 4 N–H and O–H groups in total. The molecule has 0 unspecified atom stereocenters. The summed E-state index contributed by atoms with van der Waals surface area (Å²) in [5.41, 5.74) is 3.88. The molecule has 0 atom stereocenters. The normalized spacial score (nSPS) is 14.0. The lowest BCUT2D eigenvalue weighted by Gasteiger charge is -2.29. The zero-order valence-electron chi connectivity index (χ0n) is 15.9. The molecule has 1 saturated heterocycles. The van der Waals surface area contributed by atoms with Crippen LogP contribution in [0, 0.1) is 0 Å². The molecule has 150 valence electrons. The Labute approximate surface area is 166 Å². The number of pyridine rings is 1. The van der Waals surface area contributed by atoms with E-state index in [0.717, 1.165) is 37.6 Å². The number of nitrogens with zero attached hydrogens (tertiary/aromatic N) is 3. The number of aromatic amines is 1. The van der Waals surface area contributed by atoms with E-state index in [1.165, 1.54) is 19.5 Å². The molecule has 3 heterocycles. The Kier molecular flexibility index (Phi) is 5.36. The fourth-order valence-corrected chi connectivity index (χ4v) is 3.22. The van der Waals surface area contributed by atoms with Gasteiger partial charge in [-0.05, 0) is 18.2 Å². The monoisotopic (exact) mass is 395 g/mol. The first kappa shape index (κ1) is 18.8. The summed E-state index contributed by atoms with van der Waals surface area (Å²) >= 11 is 0. The number of amides is 1. The topological polar surface area (TPSA) is 124 Å². The van der Waals surface area contributed by atoms with Gasteiger partial charge in [-0.1, -0.05) is 6.07 Å². The van der Waals surface area contributed by atoms with Crippen molar-refractivity contribution >= 4 is 34.3 Å². The molecule has 29 heavy (non-hydrogen) atoms. The van der Waals surface area contributed by atoms with E-state index in [4.69, 9.17) is 0 Å². The third kappa shape index (κ3) is 4.03. The van der Waals surface area contributed by atoms with E-state index < -0.39 is 11.3 Å². The van der Waals surface area contributed by atoms with E-state index in [0.29, 0.717) is 11.6 Å². The van der Waals surface area contributed by atoms with Crippen LogP contribution in [0.2, 0.25) is 0 Å². The maximum atomic E-state index is 12.5. The molecule has 1 fully saturated rings. The summed E-state index contributed by atoms with van der Waals surface area (Å²) in [6.07, 6.45) is 2.70. The van der Waals surface area contributed by atoms with Crippen LogP contribution in [0.5, 0.6) is 0 Å². The van der Waals surface area contributed by atoms with Gasteiger partial charge in [-0.15, -0.1) is 0 Å². The Morgan fingerprint density at radius 2 is 2.10 bits per heavy atom. The van der Waals surface area contributed by atoms with Gasteiger partial charge in [0.2, 0.25) is 11.4 Å². The number of hydrogen-bond donors (Lipinski definition) is 4. The van der Waals surface area contributed by atoms with Gasteiger partial charge in [0, 0.05) is 49.9 Å². The molecular formula is C19H21N7O3. The predicted octanol–water partition coefficient (Wildman–Crippen LogP) is 0.762. The summed E-state index contributed by atoms with van der Waals surface area (Å²) in [6, 6.07) is 8.02. The fourth-order valence-electron chi connectivity index (χ4n) is 3.22. The first-order valence-corrected chi connectivity index (χ1v) is 9.20. The van der Waals surface area contributed by atoms with Gasteiger partial charge in [-0.2, -0.15) is 4.98 Å². The molecule has 1 amide bonds. The van der Waals surface area contributed by atoms with Crippen LogP contribution < -0.4 is 26.4 Å². The van der Waals surface area contributed by atoms with Crippen LogP contribution in [0.4, 0.5) is 17.3 Å². The van der Waals surface area contributed by atoms with Crippen LogP contribution in [0.15, 0.2) is 41.5 Å². The van der Waals surface area contributed by atoms with Crippen molar-refractivity contribution in [3.63, 3.8) is 0 Å². The lowest BCUT2D eigenvalue weighted by Crippen LogP contribution is -2.43. The zero-order chi connectivity index (χ0) is 20.2. The largest absolute Gasteiger partial charge is 0.369 e. The highest BCUT2D eigenvalue weighted by Crippen LogP contribution is 2.22. The number of H-pyrrole nitrogens is 1. The quantitative estimate of drug-likeness (QED) is 0.467. The average Bonchev–Trinajstić information content (AvgIpc) is 2.75. The smallest absolute Gasteiger partial charge is 0.280 e. The number of fused-ring (bicyclic) bond motifs is 1. The maximum absolute atomic E-state index is 12.5. The molecular weight excluding hydrogens is 374 g/mol. The van der Waals surface area contributed by atoms with E-state index in [1.807, 2.05) is 18.2 Å². The van der Waals surface area contributed by atoms with Crippen molar-refractivity contribution in [1.29, 1.82) is 0 Å². The first-order chi connectivity index (χ1) is 14.2. The standard InChI is InChI=1S/C19H21N7O3/c1-29-25-18(28)15-11-21-17-14(16(15)27)10-22-19(24-17)23-12-3-2-4-13(9-12)26-7-5-20-6-8-26/h2-4,9-11,20H,5-8H2,1H3,(H,25,28)(H2,21,22,23,24,27). The van der Waals surface area contributed by atoms with Crippen molar-refractivity contribution in [2.75, 3.05) is 43.5 Å². The Morgan fingerprint density at radius 1 is 1.28 bits per heavy atom. The van der Waals surface area contributed by atoms with Crippen LogP contribution >= 0.6 is 0 Å². The first-order valence-electron chi connectivity index (χ1n) is 9.20. The number of carbonyl (C=O) groups excluding carboxylic acids is 1. The molecule has 4 rings (SSSR count). The molecule has 0 bridgehead atoms. The van der Waals surface area contributed by atoms with E-state index >= 15 is 0 Å². The summed E-state index contributed by atoms with van der Waals surface area (Å²) in [4.78, 5) is 42.7.